The topological polar surface area (TPSA) is 40.5 Å². The van der Waals surface area contributed by atoms with E-state index in [1.54, 1.807) is 0 Å². The molecule has 0 aromatic heterocycles. The molecule has 0 amide bonds. The van der Waals surface area contributed by atoms with Crippen molar-refractivity contribution in [2.45, 2.75) is 0 Å². The fraction of sp³-hybridized carbons (Fsp3) is 1.00. The van der Waals surface area contributed by atoms with E-state index in [-0.39, 0.29) is 0 Å². The maximum absolute atomic E-state index is 7.86. The normalized spacial score (nSPS) is 30.5. The minimum Gasteiger partial charge on any atom is -0.394 e. The van der Waals surface area contributed by atoms with Crippen LogP contribution in [0, 0.1) is 0 Å². The third-order valence-electron chi connectivity index (χ3n) is 0.0667. The Morgan fingerprint density at radius 1 is 1.50 bits per heavy atom. The second kappa shape index (κ2) is 2.92. The lowest BCUT2D eigenvalue weighted by atomic mass is 11.8. The summed E-state index contributed by atoms with van der Waals surface area (Å²) in [7, 11) is 0. The third-order valence-corrected chi connectivity index (χ3v) is 0.0667. The van der Waals surface area contributed by atoms with Crippen molar-refractivity contribution in [1.82, 2.24) is 0 Å². The molecule has 26 valence electrons. The van der Waals surface area contributed by atoms with Crippen molar-refractivity contribution in [1.29, 1.82) is 0 Å². The first kappa shape index (κ1) is 1.38. The molecule has 0 aromatic carbocycles. The minimum atomic E-state index is -1.68. The largest absolute Gasteiger partial charge is 0.394 e. The van der Waals surface area contributed by atoms with Crippen LogP contribution in [0.5, 0.6) is 0 Å². The van der Waals surface area contributed by atoms with Gasteiger partial charge in [-0.15, -0.1) is 0 Å². The molecule has 2 nitrogen and oxygen atoms in total. The third kappa shape index (κ3) is 1.92. The van der Waals surface area contributed by atoms with Gasteiger partial charge in [-0.05, 0) is 0 Å². The summed E-state index contributed by atoms with van der Waals surface area (Å²) in [5.41, 5.74) is 0. The molecule has 2 N–H and O–H groups in total. The molecular weight excluding hydrogens is 58.0 g/mol. The minimum absolute atomic E-state index is 1.68. The Labute approximate surface area is 27.5 Å². The van der Waals surface area contributed by atoms with Crippen molar-refractivity contribution >= 4 is 0 Å². The SMILES string of the molecule is [2H][13CH](O)[13CH]([2H])O. The summed E-state index contributed by atoms with van der Waals surface area (Å²) < 4.78 is 12.3. The molecule has 2 atom stereocenters. The van der Waals surface area contributed by atoms with Gasteiger partial charge in [0.25, 0.3) is 0 Å². The van der Waals surface area contributed by atoms with E-state index in [0.29, 0.717) is 0 Å². The van der Waals surface area contributed by atoms with Gasteiger partial charge in [-0.1, -0.05) is 0 Å². The molecule has 0 radical (unpaired) electrons. The molecule has 0 saturated carbocycles. The zero-order valence-corrected chi connectivity index (χ0v) is 2.05. The first-order valence-electron chi connectivity index (χ1n) is 2.00. The molecule has 4 heavy (non-hydrogen) atoms. The van der Waals surface area contributed by atoms with Gasteiger partial charge >= 0.3 is 0 Å². The lowest BCUT2D eigenvalue weighted by molar-refractivity contribution is 0.186. The molecule has 0 heterocycles. The molecule has 2 unspecified atom stereocenters. The van der Waals surface area contributed by atoms with Crippen LogP contribution in [0.3, 0.4) is 0 Å². The van der Waals surface area contributed by atoms with Crippen molar-refractivity contribution in [2.75, 3.05) is 13.2 Å². The summed E-state index contributed by atoms with van der Waals surface area (Å²) in [6.07, 6.45) is 0. The summed E-state index contributed by atoms with van der Waals surface area (Å²) in [6.45, 7) is -3.35. The van der Waals surface area contributed by atoms with Crippen molar-refractivity contribution in [3.8, 4) is 0 Å². The van der Waals surface area contributed by atoms with E-state index in [1.807, 2.05) is 0 Å². The fourth-order valence-electron chi connectivity index (χ4n) is 0. The van der Waals surface area contributed by atoms with E-state index >= 15 is 0 Å². The molecule has 0 bridgehead atoms. The molecule has 0 aliphatic carbocycles. The van der Waals surface area contributed by atoms with Gasteiger partial charge in [0.1, 0.15) is 0 Å². The number of rotatable bonds is 1. The molecule has 0 spiro atoms. The van der Waals surface area contributed by atoms with E-state index in [0.717, 1.165) is 0 Å². The molecule has 0 aliphatic rings. The van der Waals surface area contributed by atoms with Crippen molar-refractivity contribution < 1.29 is 13.0 Å². The average molecular weight is 66.1 g/mol. The summed E-state index contributed by atoms with van der Waals surface area (Å²) >= 11 is 0. The highest BCUT2D eigenvalue weighted by molar-refractivity contribution is 4.06. The lowest BCUT2D eigenvalue weighted by Gasteiger charge is -1.70. The maximum atomic E-state index is 7.86. The number of aliphatic hydroxyl groups is 2. The van der Waals surface area contributed by atoms with Gasteiger partial charge in [-0.2, -0.15) is 0 Å². The first-order valence-corrected chi connectivity index (χ1v) is 0.850. The standard InChI is InChI=1S/C2H6O2/c3-1-2-4/h3-4H,1-2H2/i1+1D,2+1D. The highest BCUT2D eigenvalue weighted by Crippen LogP contribution is 1.39. The quantitative estimate of drug-likeness (QED) is 0.384. The van der Waals surface area contributed by atoms with Crippen LogP contribution in [0.1, 0.15) is 2.74 Å². The van der Waals surface area contributed by atoms with Crippen LogP contribution in [-0.2, 0) is 0 Å². The predicted molar refractivity (Wildman–Crippen MR) is 14.2 cm³/mol. The lowest BCUT2D eigenvalue weighted by Crippen LogP contribution is -1.85. The molecule has 0 aromatic rings. The summed E-state index contributed by atoms with van der Waals surface area (Å²) in [5.74, 6) is 0. The summed E-state index contributed by atoms with van der Waals surface area (Å²) in [5, 5.41) is 15.7. The van der Waals surface area contributed by atoms with E-state index < -0.39 is 13.2 Å². The molecule has 0 aliphatic heterocycles. The summed E-state index contributed by atoms with van der Waals surface area (Å²) in [4.78, 5) is 0. The van der Waals surface area contributed by atoms with E-state index in [9.17, 15) is 0 Å². The Morgan fingerprint density at radius 2 is 1.75 bits per heavy atom. The van der Waals surface area contributed by atoms with Gasteiger partial charge < -0.3 is 10.2 Å². The van der Waals surface area contributed by atoms with E-state index in [4.69, 9.17) is 13.0 Å². The Hall–Kier alpha value is -0.0800. The number of hydrogen-bond donors (Lipinski definition) is 2. The summed E-state index contributed by atoms with van der Waals surface area (Å²) in [6, 6.07) is 0. The number of aliphatic hydroxyl groups excluding tert-OH is 2. The zero-order chi connectivity index (χ0) is 5.15. The smallest absolute Gasteiger partial charge is 0.0662 e. The maximum Gasteiger partial charge on any atom is 0.0662 e. The van der Waals surface area contributed by atoms with Gasteiger partial charge in [0, 0.05) is 0 Å². The van der Waals surface area contributed by atoms with Gasteiger partial charge in [0.15, 0.2) is 0 Å². The Morgan fingerprint density at radius 3 is 1.75 bits per heavy atom. The van der Waals surface area contributed by atoms with Crippen LogP contribution in [0.4, 0.5) is 0 Å². The monoisotopic (exact) mass is 66.1 g/mol. The van der Waals surface area contributed by atoms with Crippen LogP contribution in [-0.4, -0.2) is 23.4 Å². The highest BCUT2D eigenvalue weighted by atomic mass is 16.4. The van der Waals surface area contributed by atoms with Crippen molar-refractivity contribution in [3.63, 3.8) is 0 Å². The molecule has 2 heteroatoms. The van der Waals surface area contributed by atoms with Crippen LogP contribution >= 0.6 is 0 Å². The number of hydrogen-bond acceptors (Lipinski definition) is 2. The molecular formula is C2H6O2. The molecule has 0 fully saturated rings. The van der Waals surface area contributed by atoms with Crippen molar-refractivity contribution in [2.24, 2.45) is 0 Å². The Balaban J connectivity index is 2.99. The van der Waals surface area contributed by atoms with Gasteiger partial charge in [-0.3, -0.25) is 0 Å². The van der Waals surface area contributed by atoms with Crippen LogP contribution < -0.4 is 0 Å². The first-order chi connectivity index (χ1) is 2.64. The van der Waals surface area contributed by atoms with Crippen molar-refractivity contribution in [3.05, 3.63) is 0 Å². The van der Waals surface area contributed by atoms with E-state index in [2.05, 4.69) is 0 Å². The average Bonchev–Trinajstić information content (AvgIpc) is 1.36. The second-order valence-electron chi connectivity index (χ2n) is 0.298. The van der Waals surface area contributed by atoms with Crippen LogP contribution in [0.25, 0.3) is 0 Å². The van der Waals surface area contributed by atoms with Crippen LogP contribution in [0.2, 0.25) is 0 Å². The fourth-order valence-corrected chi connectivity index (χ4v) is 0. The van der Waals surface area contributed by atoms with Crippen LogP contribution in [0.15, 0.2) is 0 Å². The predicted octanol–water partition coefficient (Wildman–Crippen LogP) is -1.03. The second-order valence-corrected chi connectivity index (χ2v) is 0.298. The van der Waals surface area contributed by atoms with Gasteiger partial charge in [0.2, 0.25) is 0 Å². The zero-order valence-electron chi connectivity index (χ0n) is 4.05. The highest BCUT2D eigenvalue weighted by Gasteiger charge is 1.58. The Bertz CT molecular complexity index is 30.5. The Kier molecular flexibility index (Phi) is 1.01. The van der Waals surface area contributed by atoms with Gasteiger partial charge in [0.05, 0.1) is 15.9 Å². The van der Waals surface area contributed by atoms with Gasteiger partial charge in [-0.25, -0.2) is 0 Å². The molecule has 0 rings (SSSR count). The van der Waals surface area contributed by atoms with E-state index in [1.165, 1.54) is 0 Å². The molecule has 0 saturated heterocycles.